The van der Waals surface area contributed by atoms with Gasteiger partial charge in [0.1, 0.15) is 6.61 Å². The molecule has 0 aliphatic heterocycles. The molecule has 1 fully saturated rings. The molecule has 6 heteroatoms. The lowest BCUT2D eigenvalue weighted by molar-refractivity contribution is -0.136. The van der Waals surface area contributed by atoms with Gasteiger partial charge in [-0.1, -0.05) is 0 Å². The first kappa shape index (κ1) is 13.8. The number of nitrogens with one attached hydrogen (secondary N) is 1. The molecule has 0 atom stereocenters. The molecule has 0 bridgehead atoms. The van der Waals surface area contributed by atoms with Crippen LogP contribution in [0.1, 0.15) is 25.7 Å². The minimum Gasteiger partial charge on any atom is -0.465 e. The minimum absolute atomic E-state index is 0.0249. The lowest BCUT2D eigenvalue weighted by atomic mass is 9.93. The first-order valence-electron chi connectivity index (χ1n) is 5.80. The zero-order valence-electron chi connectivity index (χ0n) is 10.3. The Labute approximate surface area is 101 Å². The summed E-state index contributed by atoms with van der Waals surface area (Å²) in [6.45, 7) is 0.106. The number of hydrogen-bond acceptors (Lipinski definition) is 3. The number of amides is 2. The maximum absolute atomic E-state index is 11.3. The highest BCUT2D eigenvalue weighted by Gasteiger charge is 2.23. The Morgan fingerprint density at radius 1 is 1.29 bits per heavy atom. The van der Waals surface area contributed by atoms with Crippen LogP contribution in [0.2, 0.25) is 0 Å². The molecule has 0 saturated heterocycles. The van der Waals surface area contributed by atoms with Crippen molar-refractivity contribution < 1.29 is 19.4 Å². The maximum atomic E-state index is 11.3. The van der Waals surface area contributed by atoms with Crippen LogP contribution in [0.25, 0.3) is 0 Å². The summed E-state index contributed by atoms with van der Waals surface area (Å²) in [7, 11) is 3.39. The van der Waals surface area contributed by atoms with Crippen molar-refractivity contribution in [3.8, 4) is 0 Å². The Balaban J connectivity index is 2.19. The van der Waals surface area contributed by atoms with E-state index < -0.39 is 6.09 Å². The van der Waals surface area contributed by atoms with E-state index in [9.17, 15) is 9.59 Å². The van der Waals surface area contributed by atoms with Crippen molar-refractivity contribution in [2.45, 2.75) is 37.8 Å². The van der Waals surface area contributed by atoms with Crippen molar-refractivity contribution >= 4 is 12.0 Å². The SMILES string of the molecule is CN(C)C(=O)COC1CCC(NC(=O)O)CC1. The molecule has 1 saturated carbocycles. The first-order valence-corrected chi connectivity index (χ1v) is 5.80. The first-order chi connectivity index (χ1) is 7.99. The fraction of sp³-hybridized carbons (Fsp3) is 0.818. The Morgan fingerprint density at radius 3 is 2.35 bits per heavy atom. The van der Waals surface area contributed by atoms with E-state index in [0.717, 1.165) is 25.7 Å². The van der Waals surface area contributed by atoms with E-state index in [0.29, 0.717) is 0 Å². The zero-order chi connectivity index (χ0) is 12.8. The summed E-state index contributed by atoms with van der Waals surface area (Å²) < 4.78 is 5.49. The average molecular weight is 244 g/mol. The second-order valence-corrected chi connectivity index (χ2v) is 4.52. The molecule has 0 heterocycles. The Morgan fingerprint density at radius 2 is 1.88 bits per heavy atom. The number of likely N-dealkylation sites (N-methyl/N-ethyl adjacent to an activating group) is 1. The molecule has 0 unspecified atom stereocenters. The van der Waals surface area contributed by atoms with Crippen LogP contribution < -0.4 is 5.32 Å². The molecule has 98 valence electrons. The van der Waals surface area contributed by atoms with Crippen LogP contribution in [-0.4, -0.2) is 54.9 Å². The van der Waals surface area contributed by atoms with Crippen LogP contribution in [-0.2, 0) is 9.53 Å². The maximum Gasteiger partial charge on any atom is 0.404 e. The van der Waals surface area contributed by atoms with Gasteiger partial charge in [0.2, 0.25) is 5.91 Å². The fourth-order valence-corrected chi connectivity index (χ4v) is 1.87. The molecule has 2 N–H and O–H groups in total. The molecule has 0 aromatic heterocycles. The third-order valence-corrected chi connectivity index (χ3v) is 2.94. The summed E-state index contributed by atoms with van der Waals surface area (Å²) >= 11 is 0. The van der Waals surface area contributed by atoms with Gasteiger partial charge in [-0.15, -0.1) is 0 Å². The number of carbonyl (C=O) groups excluding carboxylic acids is 1. The van der Waals surface area contributed by atoms with Gasteiger partial charge < -0.3 is 20.1 Å². The van der Waals surface area contributed by atoms with Crippen LogP contribution in [0.4, 0.5) is 4.79 Å². The number of carbonyl (C=O) groups is 2. The van der Waals surface area contributed by atoms with Gasteiger partial charge in [-0.25, -0.2) is 4.79 Å². The minimum atomic E-state index is -0.975. The van der Waals surface area contributed by atoms with Gasteiger partial charge in [0.15, 0.2) is 0 Å². The van der Waals surface area contributed by atoms with Crippen molar-refractivity contribution in [1.82, 2.24) is 10.2 Å². The standard InChI is InChI=1S/C11H20N2O4/c1-13(2)10(14)7-17-9-5-3-8(4-6-9)12-11(15)16/h8-9,12H,3-7H2,1-2H3,(H,15,16). The van der Waals surface area contributed by atoms with Crippen molar-refractivity contribution in [2.24, 2.45) is 0 Å². The van der Waals surface area contributed by atoms with E-state index in [-0.39, 0.29) is 24.7 Å². The van der Waals surface area contributed by atoms with E-state index >= 15 is 0 Å². The molecule has 1 aliphatic carbocycles. The number of rotatable bonds is 4. The molecule has 0 spiro atoms. The zero-order valence-corrected chi connectivity index (χ0v) is 10.3. The number of nitrogens with zero attached hydrogens (tertiary/aromatic N) is 1. The Bertz CT molecular complexity index is 273. The lowest BCUT2D eigenvalue weighted by Crippen LogP contribution is -2.39. The Hall–Kier alpha value is -1.30. The van der Waals surface area contributed by atoms with Gasteiger partial charge >= 0.3 is 6.09 Å². The fourth-order valence-electron chi connectivity index (χ4n) is 1.87. The predicted molar refractivity (Wildman–Crippen MR) is 61.9 cm³/mol. The highest BCUT2D eigenvalue weighted by atomic mass is 16.5. The molecule has 1 rings (SSSR count). The second-order valence-electron chi connectivity index (χ2n) is 4.52. The van der Waals surface area contributed by atoms with E-state index in [1.807, 2.05) is 0 Å². The van der Waals surface area contributed by atoms with Crippen molar-refractivity contribution in [1.29, 1.82) is 0 Å². The molecular weight excluding hydrogens is 224 g/mol. The van der Waals surface area contributed by atoms with Gasteiger partial charge in [-0.3, -0.25) is 4.79 Å². The third kappa shape index (κ3) is 5.04. The van der Waals surface area contributed by atoms with Crippen LogP contribution in [0.15, 0.2) is 0 Å². The average Bonchev–Trinajstić information content (AvgIpc) is 2.26. The quantitative estimate of drug-likeness (QED) is 0.762. The highest BCUT2D eigenvalue weighted by Crippen LogP contribution is 2.21. The van der Waals surface area contributed by atoms with Crippen molar-refractivity contribution in [2.75, 3.05) is 20.7 Å². The number of carboxylic acid groups (broad SMARTS) is 1. The molecule has 2 amide bonds. The molecule has 0 radical (unpaired) electrons. The molecule has 17 heavy (non-hydrogen) atoms. The third-order valence-electron chi connectivity index (χ3n) is 2.94. The monoisotopic (exact) mass is 244 g/mol. The van der Waals surface area contributed by atoms with E-state index in [2.05, 4.69) is 5.32 Å². The van der Waals surface area contributed by atoms with E-state index in [1.165, 1.54) is 4.90 Å². The van der Waals surface area contributed by atoms with Crippen LogP contribution in [0.5, 0.6) is 0 Å². The molecule has 1 aliphatic rings. The topological polar surface area (TPSA) is 78.9 Å². The van der Waals surface area contributed by atoms with Crippen LogP contribution >= 0.6 is 0 Å². The summed E-state index contributed by atoms with van der Waals surface area (Å²) in [5.74, 6) is -0.0456. The van der Waals surface area contributed by atoms with Gasteiger partial charge in [-0.2, -0.15) is 0 Å². The molecule has 0 aromatic carbocycles. The lowest BCUT2D eigenvalue weighted by Gasteiger charge is -2.28. The summed E-state index contributed by atoms with van der Waals surface area (Å²) in [6, 6.07) is 0.0249. The van der Waals surface area contributed by atoms with Gasteiger partial charge in [-0.05, 0) is 25.7 Å². The highest BCUT2D eigenvalue weighted by molar-refractivity contribution is 5.76. The van der Waals surface area contributed by atoms with Crippen molar-refractivity contribution in [3.63, 3.8) is 0 Å². The summed E-state index contributed by atoms with van der Waals surface area (Å²) in [5, 5.41) is 11.0. The van der Waals surface area contributed by atoms with Gasteiger partial charge in [0.25, 0.3) is 0 Å². The smallest absolute Gasteiger partial charge is 0.404 e. The van der Waals surface area contributed by atoms with Crippen molar-refractivity contribution in [3.05, 3.63) is 0 Å². The molecule has 0 aromatic rings. The summed E-state index contributed by atoms with van der Waals surface area (Å²) in [4.78, 5) is 23.3. The Kier molecular flexibility index (Phi) is 5.21. The number of ether oxygens (including phenoxy) is 1. The normalized spacial score (nSPS) is 24.1. The van der Waals surface area contributed by atoms with E-state index in [4.69, 9.17) is 9.84 Å². The van der Waals surface area contributed by atoms with E-state index in [1.54, 1.807) is 14.1 Å². The summed E-state index contributed by atoms with van der Waals surface area (Å²) in [5.41, 5.74) is 0. The van der Waals surface area contributed by atoms with Crippen LogP contribution in [0.3, 0.4) is 0 Å². The number of hydrogen-bond donors (Lipinski definition) is 2. The van der Waals surface area contributed by atoms with Gasteiger partial charge in [0.05, 0.1) is 6.10 Å². The van der Waals surface area contributed by atoms with Crippen LogP contribution in [0, 0.1) is 0 Å². The van der Waals surface area contributed by atoms with Gasteiger partial charge in [0, 0.05) is 20.1 Å². The largest absolute Gasteiger partial charge is 0.465 e. The molecular formula is C11H20N2O4. The second kappa shape index (κ2) is 6.44. The molecule has 6 nitrogen and oxygen atoms in total. The predicted octanol–water partition coefficient (Wildman–Crippen LogP) is 0.670. The summed E-state index contributed by atoms with van der Waals surface area (Å²) in [6.07, 6.45) is 2.24.